The molecule has 0 aromatic carbocycles. The van der Waals surface area contributed by atoms with Crippen LogP contribution in [0.5, 0.6) is 11.6 Å². The quantitative estimate of drug-likeness (QED) is 0.422. The van der Waals surface area contributed by atoms with Crippen molar-refractivity contribution in [1.29, 1.82) is 0 Å². The van der Waals surface area contributed by atoms with Gasteiger partial charge in [-0.05, 0) is 25.0 Å². The minimum absolute atomic E-state index is 0.267. The molecular formula is C23H25N7O4. The van der Waals surface area contributed by atoms with E-state index in [0.717, 1.165) is 50.5 Å². The first kappa shape index (κ1) is 21.0. The van der Waals surface area contributed by atoms with Gasteiger partial charge in [-0.2, -0.15) is 4.52 Å². The van der Waals surface area contributed by atoms with Crippen LogP contribution in [0.25, 0.3) is 17.2 Å². The Bertz CT molecular complexity index is 1330. The monoisotopic (exact) mass is 463 g/mol. The van der Waals surface area contributed by atoms with Gasteiger partial charge in [0.15, 0.2) is 17.1 Å². The third kappa shape index (κ3) is 3.86. The number of methoxy groups -OCH3 is 1. The summed E-state index contributed by atoms with van der Waals surface area (Å²) in [6, 6.07) is 8.20. The number of rotatable bonds is 6. The number of ether oxygens (including phenoxy) is 3. The van der Waals surface area contributed by atoms with E-state index in [4.69, 9.17) is 23.7 Å². The van der Waals surface area contributed by atoms with E-state index in [1.807, 2.05) is 13.0 Å². The second kappa shape index (κ2) is 8.65. The molecular weight excluding hydrogens is 438 g/mol. The van der Waals surface area contributed by atoms with Gasteiger partial charge in [-0.1, -0.05) is 11.2 Å². The molecule has 11 nitrogen and oxygen atoms in total. The summed E-state index contributed by atoms with van der Waals surface area (Å²) >= 11 is 0. The van der Waals surface area contributed by atoms with Gasteiger partial charge in [-0.3, -0.25) is 9.88 Å². The van der Waals surface area contributed by atoms with E-state index in [1.54, 1.807) is 23.8 Å². The van der Waals surface area contributed by atoms with Crippen LogP contribution in [-0.4, -0.2) is 67.8 Å². The highest BCUT2D eigenvalue weighted by Crippen LogP contribution is 2.28. The molecule has 0 aliphatic carbocycles. The first-order chi connectivity index (χ1) is 16.7. The lowest BCUT2D eigenvalue weighted by atomic mass is 10.0. The summed E-state index contributed by atoms with van der Waals surface area (Å²) in [4.78, 5) is 7.36. The van der Waals surface area contributed by atoms with Crippen LogP contribution in [0.1, 0.15) is 29.1 Å². The Balaban J connectivity index is 1.21. The molecule has 0 N–H and O–H groups in total. The number of hydrogen-bond acceptors (Lipinski definition) is 10. The van der Waals surface area contributed by atoms with Gasteiger partial charge in [-0.25, -0.2) is 0 Å². The average Bonchev–Trinajstić information content (AvgIpc) is 3.62. The summed E-state index contributed by atoms with van der Waals surface area (Å²) in [5.41, 5.74) is 4.31. The Morgan fingerprint density at radius 3 is 2.94 bits per heavy atom. The van der Waals surface area contributed by atoms with Crippen molar-refractivity contribution in [2.75, 3.05) is 26.9 Å². The summed E-state index contributed by atoms with van der Waals surface area (Å²) in [5.74, 6) is 1.93. The summed E-state index contributed by atoms with van der Waals surface area (Å²) in [6.07, 6.45) is 2.03. The standard InChI is InChI=1S/C23H25N7O4/c1-14-9-19(28-34-14)22-26-25-21-10-20(31-2)23(27-30(21)22)33-12-16-4-3-15-11-29(7-5-18(15)24-16)17-6-8-32-13-17/h3-4,9-10,17H,5-8,11-13H2,1-2H3. The van der Waals surface area contributed by atoms with Crippen molar-refractivity contribution in [3.63, 3.8) is 0 Å². The van der Waals surface area contributed by atoms with Crippen LogP contribution >= 0.6 is 0 Å². The molecule has 1 unspecified atom stereocenters. The maximum Gasteiger partial charge on any atom is 0.275 e. The molecule has 176 valence electrons. The van der Waals surface area contributed by atoms with Crippen molar-refractivity contribution in [2.24, 2.45) is 0 Å². The third-order valence-corrected chi connectivity index (χ3v) is 6.32. The molecule has 1 atom stereocenters. The average molecular weight is 463 g/mol. The molecule has 6 rings (SSSR count). The van der Waals surface area contributed by atoms with E-state index in [9.17, 15) is 0 Å². The molecule has 2 aliphatic heterocycles. The first-order valence-corrected chi connectivity index (χ1v) is 11.3. The van der Waals surface area contributed by atoms with Crippen molar-refractivity contribution in [1.82, 2.24) is 34.9 Å². The molecule has 1 fully saturated rings. The Kier molecular flexibility index (Phi) is 5.34. The zero-order valence-electron chi connectivity index (χ0n) is 19.1. The second-order valence-electron chi connectivity index (χ2n) is 8.57. The highest BCUT2D eigenvalue weighted by molar-refractivity contribution is 5.56. The second-order valence-corrected chi connectivity index (χ2v) is 8.57. The predicted molar refractivity (Wildman–Crippen MR) is 119 cm³/mol. The molecule has 1 saturated heterocycles. The number of hydrogen-bond donors (Lipinski definition) is 0. The molecule has 0 amide bonds. The van der Waals surface area contributed by atoms with Crippen LogP contribution in [0.3, 0.4) is 0 Å². The molecule has 4 aromatic heterocycles. The number of aromatic nitrogens is 6. The van der Waals surface area contributed by atoms with Gasteiger partial charge in [0.05, 0.1) is 19.4 Å². The fourth-order valence-corrected chi connectivity index (χ4v) is 4.50. The topological polar surface area (TPSA) is 113 Å². The van der Waals surface area contributed by atoms with Crippen molar-refractivity contribution < 1.29 is 18.7 Å². The summed E-state index contributed by atoms with van der Waals surface area (Å²) < 4.78 is 23.8. The van der Waals surface area contributed by atoms with Crippen LogP contribution < -0.4 is 9.47 Å². The maximum atomic E-state index is 6.04. The van der Waals surface area contributed by atoms with Crippen molar-refractivity contribution in [2.45, 2.75) is 39.0 Å². The molecule has 0 saturated carbocycles. The molecule has 6 heterocycles. The molecule has 0 spiro atoms. The largest absolute Gasteiger partial charge is 0.491 e. The summed E-state index contributed by atoms with van der Waals surface area (Å²) in [7, 11) is 1.57. The van der Waals surface area contributed by atoms with Crippen LogP contribution in [0.15, 0.2) is 28.8 Å². The third-order valence-electron chi connectivity index (χ3n) is 6.32. The van der Waals surface area contributed by atoms with Gasteiger partial charge in [0.25, 0.3) is 5.88 Å². The van der Waals surface area contributed by atoms with Gasteiger partial charge in [0.1, 0.15) is 12.4 Å². The zero-order valence-corrected chi connectivity index (χ0v) is 19.1. The van der Waals surface area contributed by atoms with Crippen LogP contribution in [0.2, 0.25) is 0 Å². The number of fused-ring (bicyclic) bond motifs is 2. The molecule has 34 heavy (non-hydrogen) atoms. The number of nitrogens with zero attached hydrogens (tertiary/aromatic N) is 7. The molecule has 4 aromatic rings. The lowest BCUT2D eigenvalue weighted by Gasteiger charge is -2.32. The van der Waals surface area contributed by atoms with Gasteiger partial charge in [0.2, 0.25) is 5.82 Å². The normalized spacial score (nSPS) is 18.4. The van der Waals surface area contributed by atoms with E-state index >= 15 is 0 Å². The molecule has 2 aliphatic rings. The van der Waals surface area contributed by atoms with Gasteiger partial charge in [-0.15, -0.1) is 15.3 Å². The lowest BCUT2D eigenvalue weighted by molar-refractivity contribution is 0.134. The minimum Gasteiger partial charge on any atom is -0.491 e. The predicted octanol–water partition coefficient (Wildman–Crippen LogP) is 2.22. The smallest absolute Gasteiger partial charge is 0.275 e. The highest BCUT2D eigenvalue weighted by atomic mass is 16.5. The lowest BCUT2D eigenvalue weighted by Crippen LogP contribution is -2.39. The van der Waals surface area contributed by atoms with Crippen molar-refractivity contribution in [3.05, 3.63) is 47.0 Å². The molecule has 0 bridgehead atoms. The fraction of sp³-hybridized carbons (Fsp3) is 0.435. The van der Waals surface area contributed by atoms with Crippen LogP contribution in [-0.2, 0) is 24.3 Å². The number of aryl methyl sites for hydroxylation is 1. The van der Waals surface area contributed by atoms with E-state index in [2.05, 4.69) is 31.4 Å². The van der Waals surface area contributed by atoms with E-state index in [1.165, 1.54) is 5.56 Å². The highest BCUT2D eigenvalue weighted by Gasteiger charge is 2.27. The first-order valence-electron chi connectivity index (χ1n) is 11.3. The van der Waals surface area contributed by atoms with Gasteiger partial charge < -0.3 is 18.7 Å². The van der Waals surface area contributed by atoms with Crippen molar-refractivity contribution >= 4 is 5.65 Å². The van der Waals surface area contributed by atoms with Crippen molar-refractivity contribution in [3.8, 4) is 23.1 Å². The van der Waals surface area contributed by atoms with Gasteiger partial charge in [0, 0.05) is 50.0 Å². The Morgan fingerprint density at radius 2 is 2.15 bits per heavy atom. The van der Waals surface area contributed by atoms with Gasteiger partial charge >= 0.3 is 0 Å². The number of pyridine rings is 1. The van der Waals surface area contributed by atoms with E-state index in [0.29, 0.717) is 40.6 Å². The summed E-state index contributed by atoms with van der Waals surface area (Å²) in [6.45, 7) is 5.70. The Labute approximate surface area is 195 Å². The summed E-state index contributed by atoms with van der Waals surface area (Å²) in [5, 5.41) is 16.9. The van der Waals surface area contributed by atoms with E-state index in [-0.39, 0.29) is 6.61 Å². The zero-order chi connectivity index (χ0) is 23.1. The Morgan fingerprint density at radius 1 is 1.21 bits per heavy atom. The molecule has 0 radical (unpaired) electrons. The minimum atomic E-state index is 0.267. The fourth-order valence-electron chi connectivity index (χ4n) is 4.50. The van der Waals surface area contributed by atoms with Crippen LogP contribution in [0, 0.1) is 6.92 Å². The Hall–Kier alpha value is -3.57. The van der Waals surface area contributed by atoms with E-state index < -0.39 is 0 Å². The molecule has 11 heteroatoms. The maximum absolute atomic E-state index is 6.04. The SMILES string of the molecule is COc1cc2nnc(-c3cc(C)on3)n2nc1OCc1ccc2c(n1)CCN(C1CCOC1)C2. The van der Waals surface area contributed by atoms with Crippen LogP contribution in [0.4, 0.5) is 0 Å².